The van der Waals surface area contributed by atoms with Gasteiger partial charge in [0.1, 0.15) is 5.82 Å². The number of hydrogen-bond acceptors (Lipinski definition) is 3. The molecule has 2 heterocycles. The summed E-state index contributed by atoms with van der Waals surface area (Å²) < 4.78 is 2.16. The molecule has 0 atom stereocenters. The lowest BCUT2D eigenvalue weighted by molar-refractivity contribution is 0.0952. The predicted molar refractivity (Wildman–Crippen MR) is 109 cm³/mol. The molecule has 3 aromatic rings. The van der Waals surface area contributed by atoms with E-state index in [1.807, 2.05) is 25.4 Å². The Morgan fingerprint density at radius 3 is 2.70 bits per heavy atom. The minimum absolute atomic E-state index is 0.0595. The van der Waals surface area contributed by atoms with E-state index >= 15 is 0 Å². The molecule has 1 amide bonds. The van der Waals surface area contributed by atoms with Gasteiger partial charge in [0, 0.05) is 36.8 Å². The van der Waals surface area contributed by atoms with Crippen LogP contribution in [0.2, 0.25) is 0 Å². The molecule has 0 bridgehead atoms. The Hall–Kier alpha value is -2.69. The van der Waals surface area contributed by atoms with E-state index in [-0.39, 0.29) is 5.91 Å². The summed E-state index contributed by atoms with van der Waals surface area (Å²) >= 11 is 0. The van der Waals surface area contributed by atoms with Crippen LogP contribution in [0.5, 0.6) is 0 Å². The minimum atomic E-state index is -0.0595. The Morgan fingerprint density at radius 1 is 1.19 bits per heavy atom. The number of amides is 1. The van der Waals surface area contributed by atoms with Crippen LogP contribution in [0.15, 0.2) is 30.6 Å². The zero-order valence-electron chi connectivity index (χ0n) is 16.8. The number of nitrogens with zero attached hydrogens (tertiary/aromatic N) is 3. The van der Waals surface area contributed by atoms with Crippen molar-refractivity contribution >= 4 is 16.8 Å². The van der Waals surface area contributed by atoms with Crippen molar-refractivity contribution in [3.8, 4) is 0 Å². The standard InChI is InChI=1S/C22H28N4O/c1-14(2)21-23-8-10-26(21)9-6-7-24-22(27)19-13-18-12-15(3)11-16(4)20(18)25-17(19)5/h8,10-14H,6-7,9H2,1-5H3,(H,24,27). The SMILES string of the molecule is Cc1cc(C)c2nc(C)c(C(=O)NCCCn3ccnc3C(C)C)cc2c1. The maximum absolute atomic E-state index is 12.6. The molecule has 0 aliphatic heterocycles. The lowest BCUT2D eigenvalue weighted by Crippen LogP contribution is -2.26. The first kappa shape index (κ1) is 19.1. The zero-order valence-corrected chi connectivity index (χ0v) is 16.8. The molecule has 142 valence electrons. The maximum atomic E-state index is 12.6. The second-order valence-corrected chi connectivity index (χ2v) is 7.52. The Kier molecular flexibility index (Phi) is 5.59. The number of imidazole rings is 1. The number of pyridine rings is 1. The monoisotopic (exact) mass is 364 g/mol. The highest BCUT2D eigenvalue weighted by molar-refractivity contribution is 5.99. The van der Waals surface area contributed by atoms with Crippen LogP contribution in [0.4, 0.5) is 0 Å². The quantitative estimate of drug-likeness (QED) is 0.664. The summed E-state index contributed by atoms with van der Waals surface area (Å²) in [7, 11) is 0. The number of fused-ring (bicyclic) bond motifs is 1. The lowest BCUT2D eigenvalue weighted by Gasteiger charge is -2.12. The fourth-order valence-corrected chi connectivity index (χ4v) is 3.53. The molecule has 0 radical (unpaired) electrons. The molecule has 5 nitrogen and oxygen atoms in total. The van der Waals surface area contributed by atoms with Gasteiger partial charge >= 0.3 is 0 Å². The van der Waals surface area contributed by atoms with Crippen molar-refractivity contribution in [3.63, 3.8) is 0 Å². The number of benzene rings is 1. The summed E-state index contributed by atoms with van der Waals surface area (Å²) in [5, 5.41) is 4.05. The topological polar surface area (TPSA) is 59.8 Å². The Balaban J connectivity index is 1.66. The molecule has 0 aliphatic carbocycles. The number of aromatic nitrogens is 3. The lowest BCUT2D eigenvalue weighted by atomic mass is 10.0. The number of hydrogen-bond donors (Lipinski definition) is 1. The van der Waals surface area contributed by atoms with E-state index in [1.165, 1.54) is 5.56 Å². The van der Waals surface area contributed by atoms with Crippen LogP contribution in [0.3, 0.4) is 0 Å². The van der Waals surface area contributed by atoms with Gasteiger partial charge in [0.05, 0.1) is 16.8 Å². The van der Waals surface area contributed by atoms with E-state index in [1.54, 1.807) is 0 Å². The van der Waals surface area contributed by atoms with Crippen LogP contribution in [0, 0.1) is 20.8 Å². The molecule has 0 unspecified atom stereocenters. The Morgan fingerprint density at radius 2 is 1.96 bits per heavy atom. The summed E-state index contributed by atoms with van der Waals surface area (Å²) in [6, 6.07) is 6.16. The van der Waals surface area contributed by atoms with E-state index in [0.29, 0.717) is 18.0 Å². The van der Waals surface area contributed by atoms with Gasteiger partial charge in [-0.15, -0.1) is 0 Å². The first-order valence-electron chi connectivity index (χ1n) is 9.54. The molecule has 1 N–H and O–H groups in total. The van der Waals surface area contributed by atoms with Crippen LogP contribution < -0.4 is 5.32 Å². The fourth-order valence-electron chi connectivity index (χ4n) is 3.53. The van der Waals surface area contributed by atoms with Gasteiger partial charge in [-0.25, -0.2) is 4.98 Å². The maximum Gasteiger partial charge on any atom is 0.253 e. The van der Waals surface area contributed by atoms with Crippen molar-refractivity contribution in [1.29, 1.82) is 0 Å². The molecule has 1 aromatic carbocycles. The van der Waals surface area contributed by atoms with Gasteiger partial charge in [-0.3, -0.25) is 9.78 Å². The number of carbonyl (C=O) groups is 1. The van der Waals surface area contributed by atoms with Crippen molar-refractivity contribution in [1.82, 2.24) is 19.9 Å². The molecule has 5 heteroatoms. The second kappa shape index (κ2) is 7.91. The third-order valence-electron chi connectivity index (χ3n) is 4.81. The Labute approximate surface area is 160 Å². The summed E-state index contributed by atoms with van der Waals surface area (Å²) in [6.45, 7) is 11.8. The van der Waals surface area contributed by atoms with Gasteiger partial charge in [-0.2, -0.15) is 0 Å². The molecule has 27 heavy (non-hydrogen) atoms. The van der Waals surface area contributed by atoms with E-state index in [2.05, 4.69) is 59.7 Å². The first-order valence-corrected chi connectivity index (χ1v) is 9.54. The average Bonchev–Trinajstić information content (AvgIpc) is 3.07. The van der Waals surface area contributed by atoms with Gasteiger partial charge < -0.3 is 9.88 Å². The van der Waals surface area contributed by atoms with Crippen LogP contribution in [0.25, 0.3) is 10.9 Å². The Bertz CT molecular complexity index is 972. The van der Waals surface area contributed by atoms with Gasteiger partial charge in [0.15, 0.2) is 0 Å². The molecular weight excluding hydrogens is 336 g/mol. The van der Waals surface area contributed by atoms with Gasteiger partial charge in [0.2, 0.25) is 0 Å². The highest BCUT2D eigenvalue weighted by atomic mass is 16.1. The minimum Gasteiger partial charge on any atom is -0.352 e. The summed E-state index contributed by atoms with van der Waals surface area (Å²) in [5.74, 6) is 1.42. The molecule has 3 rings (SSSR count). The molecule has 0 spiro atoms. The molecule has 0 saturated heterocycles. The third kappa shape index (κ3) is 4.18. The van der Waals surface area contributed by atoms with Crippen molar-refractivity contribution < 1.29 is 4.79 Å². The van der Waals surface area contributed by atoms with Crippen LogP contribution >= 0.6 is 0 Å². The largest absolute Gasteiger partial charge is 0.352 e. The molecule has 0 fully saturated rings. The highest BCUT2D eigenvalue weighted by Crippen LogP contribution is 2.21. The van der Waals surface area contributed by atoms with Crippen molar-refractivity contribution in [2.24, 2.45) is 0 Å². The first-order chi connectivity index (χ1) is 12.9. The summed E-state index contributed by atoms with van der Waals surface area (Å²) in [4.78, 5) is 21.7. The molecular formula is C22H28N4O. The van der Waals surface area contributed by atoms with Crippen LogP contribution in [-0.4, -0.2) is 27.0 Å². The van der Waals surface area contributed by atoms with Gasteiger partial charge in [-0.1, -0.05) is 25.5 Å². The highest BCUT2D eigenvalue weighted by Gasteiger charge is 2.13. The van der Waals surface area contributed by atoms with Crippen molar-refractivity contribution in [2.75, 3.05) is 6.54 Å². The molecule has 2 aromatic heterocycles. The normalized spacial score (nSPS) is 11.3. The number of nitrogens with one attached hydrogen (secondary N) is 1. The number of aryl methyl sites for hydroxylation is 4. The number of rotatable bonds is 6. The van der Waals surface area contributed by atoms with E-state index in [0.717, 1.165) is 41.0 Å². The second-order valence-electron chi connectivity index (χ2n) is 7.52. The van der Waals surface area contributed by atoms with Crippen molar-refractivity contribution in [2.45, 2.75) is 53.5 Å². The van der Waals surface area contributed by atoms with Crippen LogP contribution in [-0.2, 0) is 6.54 Å². The van der Waals surface area contributed by atoms with E-state index in [4.69, 9.17) is 0 Å². The number of carbonyl (C=O) groups excluding carboxylic acids is 1. The van der Waals surface area contributed by atoms with Crippen molar-refractivity contribution in [3.05, 3.63) is 58.8 Å². The van der Waals surface area contributed by atoms with E-state index < -0.39 is 0 Å². The predicted octanol–water partition coefficient (Wildman–Crippen LogP) is 4.30. The van der Waals surface area contributed by atoms with Gasteiger partial charge in [-0.05, 0) is 44.9 Å². The van der Waals surface area contributed by atoms with Crippen LogP contribution in [0.1, 0.15) is 59.2 Å². The zero-order chi connectivity index (χ0) is 19.6. The molecule has 0 saturated carbocycles. The third-order valence-corrected chi connectivity index (χ3v) is 4.81. The van der Waals surface area contributed by atoms with Gasteiger partial charge in [0.25, 0.3) is 5.91 Å². The summed E-state index contributed by atoms with van der Waals surface area (Å²) in [6.07, 6.45) is 4.70. The van der Waals surface area contributed by atoms with E-state index in [9.17, 15) is 4.79 Å². The molecule has 0 aliphatic rings. The fraction of sp³-hybridized carbons (Fsp3) is 0.409. The smallest absolute Gasteiger partial charge is 0.253 e. The average molecular weight is 364 g/mol. The summed E-state index contributed by atoms with van der Waals surface area (Å²) in [5.41, 5.74) is 4.71.